The van der Waals surface area contributed by atoms with Gasteiger partial charge in [-0.3, -0.25) is 9.59 Å². The number of aliphatic hydroxyl groups is 1. The molecule has 0 spiro atoms. The summed E-state index contributed by atoms with van der Waals surface area (Å²) in [5.74, 6) is -0.00708. The molecule has 1 aliphatic heterocycles. The van der Waals surface area contributed by atoms with Crippen molar-refractivity contribution in [3.8, 4) is 0 Å². The monoisotopic (exact) mass is 276 g/mol. The molecule has 1 N–H and O–H groups in total. The first-order valence-electron chi connectivity index (χ1n) is 6.98. The minimum Gasteiger partial charge on any atom is -0.395 e. The first-order valence-corrected chi connectivity index (χ1v) is 6.98. The lowest BCUT2D eigenvalue weighted by Crippen LogP contribution is -2.33. The molecular formula is C15H20N2O3. The van der Waals surface area contributed by atoms with Crippen LogP contribution in [0.3, 0.4) is 0 Å². The van der Waals surface area contributed by atoms with Crippen molar-refractivity contribution in [1.29, 1.82) is 0 Å². The van der Waals surface area contributed by atoms with Gasteiger partial charge < -0.3 is 14.9 Å². The van der Waals surface area contributed by atoms with Gasteiger partial charge in [0.15, 0.2) is 0 Å². The number of aliphatic hydroxyl groups excluding tert-OH is 1. The summed E-state index contributed by atoms with van der Waals surface area (Å²) in [4.78, 5) is 27.4. The van der Waals surface area contributed by atoms with E-state index >= 15 is 0 Å². The van der Waals surface area contributed by atoms with Gasteiger partial charge in [-0.1, -0.05) is 6.07 Å². The van der Waals surface area contributed by atoms with E-state index in [1.165, 1.54) is 0 Å². The highest BCUT2D eigenvalue weighted by Crippen LogP contribution is 2.22. The summed E-state index contributed by atoms with van der Waals surface area (Å²) in [6.45, 7) is 3.41. The van der Waals surface area contributed by atoms with Crippen molar-refractivity contribution in [1.82, 2.24) is 4.90 Å². The maximum atomic E-state index is 12.3. The summed E-state index contributed by atoms with van der Waals surface area (Å²) in [7, 11) is 0. The average Bonchev–Trinajstić information content (AvgIpc) is 2.90. The average molecular weight is 276 g/mol. The Morgan fingerprint density at radius 1 is 1.45 bits per heavy atom. The van der Waals surface area contributed by atoms with Crippen molar-refractivity contribution in [3.63, 3.8) is 0 Å². The number of hydrogen-bond acceptors (Lipinski definition) is 3. The standard InChI is InChI=1S/C15H20N2O3/c1-2-16(9-10-18)15(20)12-5-3-6-13(11-12)17-8-4-7-14(17)19/h3,5-6,11,18H,2,4,7-10H2,1H3. The second kappa shape index (κ2) is 6.52. The topological polar surface area (TPSA) is 60.9 Å². The van der Waals surface area contributed by atoms with E-state index < -0.39 is 0 Å². The summed E-state index contributed by atoms with van der Waals surface area (Å²) >= 11 is 0. The van der Waals surface area contributed by atoms with Crippen LogP contribution in [-0.2, 0) is 4.79 Å². The molecule has 1 heterocycles. The van der Waals surface area contributed by atoms with E-state index in [-0.39, 0.29) is 18.4 Å². The maximum absolute atomic E-state index is 12.3. The SMILES string of the molecule is CCN(CCO)C(=O)c1cccc(N2CCCC2=O)c1. The molecule has 2 amide bonds. The molecule has 1 aliphatic rings. The number of amides is 2. The zero-order chi connectivity index (χ0) is 14.5. The molecule has 1 aromatic rings. The summed E-state index contributed by atoms with van der Waals surface area (Å²) in [5.41, 5.74) is 1.33. The number of carbonyl (C=O) groups excluding carboxylic acids is 2. The Hall–Kier alpha value is -1.88. The van der Waals surface area contributed by atoms with E-state index in [4.69, 9.17) is 5.11 Å². The molecular weight excluding hydrogens is 256 g/mol. The van der Waals surface area contributed by atoms with Gasteiger partial charge in [0.05, 0.1) is 6.61 Å². The summed E-state index contributed by atoms with van der Waals surface area (Å²) in [6, 6.07) is 7.14. The molecule has 20 heavy (non-hydrogen) atoms. The van der Waals surface area contributed by atoms with Gasteiger partial charge in [-0.15, -0.1) is 0 Å². The molecule has 5 nitrogen and oxygen atoms in total. The number of hydrogen-bond donors (Lipinski definition) is 1. The Balaban J connectivity index is 2.20. The predicted octanol–water partition coefficient (Wildman–Crippen LogP) is 1.27. The highest BCUT2D eigenvalue weighted by Gasteiger charge is 2.22. The molecule has 0 saturated carbocycles. The lowest BCUT2D eigenvalue weighted by Gasteiger charge is -2.21. The molecule has 0 unspecified atom stereocenters. The Morgan fingerprint density at radius 2 is 2.25 bits per heavy atom. The van der Waals surface area contributed by atoms with Gasteiger partial charge in [0.1, 0.15) is 0 Å². The molecule has 5 heteroatoms. The highest BCUT2D eigenvalue weighted by molar-refractivity contribution is 5.99. The van der Waals surface area contributed by atoms with Crippen LogP contribution < -0.4 is 4.90 Å². The fraction of sp³-hybridized carbons (Fsp3) is 0.467. The van der Waals surface area contributed by atoms with Crippen LogP contribution in [0.5, 0.6) is 0 Å². The van der Waals surface area contributed by atoms with E-state index in [0.717, 1.165) is 12.1 Å². The molecule has 0 atom stereocenters. The number of rotatable bonds is 5. The minimum absolute atomic E-state index is 0.0517. The lowest BCUT2D eigenvalue weighted by atomic mass is 10.1. The number of anilines is 1. The molecule has 1 saturated heterocycles. The smallest absolute Gasteiger partial charge is 0.253 e. The van der Waals surface area contributed by atoms with Gasteiger partial charge in [-0.05, 0) is 31.5 Å². The molecule has 1 fully saturated rings. The van der Waals surface area contributed by atoms with Crippen molar-refractivity contribution in [3.05, 3.63) is 29.8 Å². The van der Waals surface area contributed by atoms with Gasteiger partial charge in [-0.25, -0.2) is 0 Å². The third-order valence-electron chi connectivity index (χ3n) is 3.52. The van der Waals surface area contributed by atoms with Crippen LogP contribution in [0.1, 0.15) is 30.1 Å². The Bertz CT molecular complexity index is 502. The quantitative estimate of drug-likeness (QED) is 0.881. The molecule has 2 rings (SSSR count). The van der Waals surface area contributed by atoms with E-state index in [2.05, 4.69) is 0 Å². The van der Waals surface area contributed by atoms with Crippen LogP contribution in [0.4, 0.5) is 5.69 Å². The second-order valence-electron chi connectivity index (χ2n) is 4.81. The van der Waals surface area contributed by atoms with Gasteiger partial charge in [0.25, 0.3) is 5.91 Å². The molecule has 0 bridgehead atoms. The first-order chi connectivity index (χ1) is 9.67. The van der Waals surface area contributed by atoms with Crippen LogP contribution in [0.25, 0.3) is 0 Å². The van der Waals surface area contributed by atoms with Crippen LogP contribution in [0, 0.1) is 0 Å². The number of nitrogens with zero attached hydrogens (tertiary/aromatic N) is 2. The number of benzene rings is 1. The number of likely N-dealkylation sites (N-methyl/N-ethyl adjacent to an activating group) is 1. The molecule has 0 aliphatic carbocycles. The van der Waals surface area contributed by atoms with Crippen LogP contribution in [-0.4, -0.2) is 48.1 Å². The van der Waals surface area contributed by atoms with Crippen LogP contribution >= 0.6 is 0 Å². The van der Waals surface area contributed by atoms with E-state index in [1.807, 2.05) is 13.0 Å². The Labute approximate surface area is 118 Å². The summed E-state index contributed by atoms with van der Waals surface area (Å²) < 4.78 is 0. The van der Waals surface area contributed by atoms with Crippen molar-refractivity contribution in [2.45, 2.75) is 19.8 Å². The maximum Gasteiger partial charge on any atom is 0.253 e. The zero-order valence-electron chi connectivity index (χ0n) is 11.7. The molecule has 108 valence electrons. The minimum atomic E-state index is -0.116. The Kier molecular flexibility index (Phi) is 4.74. The molecule has 0 radical (unpaired) electrons. The van der Waals surface area contributed by atoms with E-state index in [9.17, 15) is 9.59 Å². The van der Waals surface area contributed by atoms with Crippen molar-refractivity contribution >= 4 is 17.5 Å². The summed E-state index contributed by atoms with van der Waals surface area (Å²) in [5, 5.41) is 8.98. The van der Waals surface area contributed by atoms with Gasteiger partial charge in [0, 0.05) is 37.3 Å². The zero-order valence-corrected chi connectivity index (χ0v) is 11.7. The second-order valence-corrected chi connectivity index (χ2v) is 4.81. The van der Waals surface area contributed by atoms with Crippen LogP contribution in [0.15, 0.2) is 24.3 Å². The van der Waals surface area contributed by atoms with E-state index in [1.54, 1.807) is 28.0 Å². The van der Waals surface area contributed by atoms with Crippen molar-refractivity contribution in [2.75, 3.05) is 31.1 Å². The molecule has 1 aromatic carbocycles. The molecule has 0 aromatic heterocycles. The third kappa shape index (κ3) is 2.99. The van der Waals surface area contributed by atoms with E-state index in [0.29, 0.717) is 31.6 Å². The normalized spacial score (nSPS) is 14.7. The first kappa shape index (κ1) is 14.5. The third-order valence-corrected chi connectivity index (χ3v) is 3.52. The van der Waals surface area contributed by atoms with Crippen molar-refractivity contribution < 1.29 is 14.7 Å². The van der Waals surface area contributed by atoms with Gasteiger partial charge >= 0.3 is 0 Å². The van der Waals surface area contributed by atoms with Crippen molar-refractivity contribution in [2.24, 2.45) is 0 Å². The number of carbonyl (C=O) groups is 2. The largest absolute Gasteiger partial charge is 0.395 e. The highest BCUT2D eigenvalue weighted by atomic mass is 16.3. The Morgan fingerprint density at radius 3 is 2.85 bits per heavy atom. The van der Waals surface area contributed by atoms with Gasteiger partial charge in [-0.2, -0.15) is 0 Å². The van der Waals surface area contributed by atoms with Gasteiger partial charge in [0.2, 0.25) is 5.91 Å². The predicted molar refractivity (Wildman–Crippen MR) is 76.7 cm³/mol. The lowest BCUT2D eigenvalue weighted by molar-refractivity contribution is -0.117. The summed E-state index contributed by atoms with van der Waals surface area (Å²) in [6.07, 6.45) is 1.44. The fourth-order valence-electron chi connectivity index (χ4n) is 2.43. The fourth-order valence-corrected chi connectivity index (χ4v) is 2.43. The van der Waals surface area contributed by atoms with Crippen LogP contribution in [0.2, 0.25) is 0 Å².